The first-order chi connectivity index (χ1) is 18.3. The monoisotopic (exact) mass is 517 g/mol. The number of benzene rings is 2. The second kappa shape index (κ2) is 10.5. The second-order valence-corrected chi connectivity index (χ2v) is 9.05. The molecule has 2 aromatic heterocycles. The highest BCUT2D eigenvalue weighted by molar-refractivity contribution is 5.90. The number of fused-ring (bicyclic) bond motifs is 1. The Bertz CT molecular complexity index is 1470. The molecular formula is C27H27N5O6. The van der Waals surface area contributed by atoms with Crippen LogP contribution in [0.15, 0.2) is 54.9 Å². The molecule has 1 aliphatic heterocycles. The van der Waals surface area contributed by atoms with Gasteiger partial charge in [-0.3, -0.25) is 4.57 Å². The van der Waals surface area contributed by atoms with Crippen molar-refractivity contribution in [3.63, 3.8) is 0 Å². The van der Waals surface area contributed by atoms with Gasteiger partial charge in [-0.15, -0.1) is 0 Å². The largest absolute Gasteiger partial charge is 0.479 e. The summed E-state index contributed by atoms with van der Waals surface area (Å²) in [6.07, 6.45) is -0.272. The van der Waals surface area contributed by atoms with Crippen LogP contribution in [0.25, 0.3) is 11.2 Å². The van der Waals surface area contributed by atoms with Crippen LogP contribution in [-0.4, -0.2) is 57.4 Å². The van der Waals surface area contributed by atoms with Crippen molar-refractivity contribution in [2.24, 2.45) is 0 Å². The van der Waals surface area contributed by atoms with Gasteiger partial charge in [0.1, 0.15) is 25.0 Å². The third-order valence-electron chi connectivity index (χ3n) is 6.30. The van der Waals surface area contributed by atoms with Crippen LogP contribution in [0.3, 0.4) is 0 Å². The summed E-state index contributed by atoms with van der Waals surface area (Å²) < 4.78 is 24.6. The predicted molar refractivity (Wildman–Crippen MR) is 137 cm³/mol. The van der Waals surface area contributed by atoms with E-state index in [2.05, 4.69) is 15.0 Å². The van der Waals surface area contributed by atoms with Gasteiger partial charge in [0.25, 0.3) is 0 Å². The van der Waals surface area contributed by atoms with E-state index < -0.39 is 30.4 Å². The van der Waals surface area contributed by atoms with Gasteiger partial charge in [0.15, 0.2) is 11.2 Å². The third kappa shape index (κ3) is 5.14. The standard InChI is InChI=1S/C27H27N5O6/c1-15-4-8-17(9-5-15)25(33)36-13-20-19(38-26(34)18-10-6-16(2)7-11-18)12-21(37-20)32-14-29-22-23(32)30-27(28)31-24(22)35-3/h4-11,14,19-21H,12-13H2,1-3H3,(H2,28,30,31)/t19-,20+,21+/m0/s1. The number of carbonyl (C=O) groups is 2. The molecule has 4 aromatic rings. The highest BCUT2D eigenvalue weighted by Gasteiger charge is 2.41. The van der Waals surface area contributed by atoms with Crippen molar-refractivity contribution in [2.75, 3.05) is 19.5 Å². The molecule has 2 aromatic carbocycles. The van der Waals surface area contributed by atoms with E-state index >= 15 is 0 Å². The predicted octanol–water partition coefficient (Wildman–Crippen LogP) is 3.40. The Balaban J connectivity index is 1.38. The van der Waals surface area contributed by atoms with Crippen molar-refractivity contribution in [1.82, 2.24) is 19.5 Å². The summed E-state index contributed by atoms with van der Waals surface area (Å²) in [7, 11) is 1.46. The number of nitrogens with zero attached hydrogens (tertiary/aromatic N) is 4. The Morgan fingerprint density at radius 2 is 1.63 bits per heavy atom. The number of methoxy groups -OCH3 is 1. The molecule has 1 saturated heterocycles. The van der Waals surface area contributed by atoms with E-state index in [-0.39, 0.29) is 24.9 Å². The Hall–Kier alpha value is -4.51. The first-order valence-corrected chi connectivity index (χ1v) is 12.0. The number of rotatable bonds is 7. The number of imidazole rings is 1. The lowest BCUT2D eigenvalue weighted by Crippen LogP contribution is -2.32. The van der Waals surface area contributed by atoms with E-state index in [1.165, 1.54) is 13.4 Å². The zero-order valence-electron chi connectivity index (χ0n) is 21.2. The van der Waals surface area contributed by atoms with Crippen LogP contribution >= 0.6 is 0 Å². The number of hydrogen-bond donors (Lipinski definition) is 1. The van der Waals surface area contributed by atoms with Gasteiger partial charge in [-0.1, -0.05) is 35.4 Å². The van der Waals surface area contributed by atoms with Gasteiger partial charge in [0.2, 0.25) is 11.8 Å². The molecule has 11 nitrogen and oxygen atoms in total. The lowest BCUT2D eigenvalue weighted by molar-refractivity contribution is -0.0563. The normalized spacial score (nSPS) is 18.9. The molecule has 0 bridgehead atoms. The highest BCUT2D eigenvalue weighted by Crippen LogP contribution is 2.35. The van der Waals surface area contributed by atoms with Crippen molar-refractivity contribution < 1.29 is 28.5 Å². The molecule has 5 rings (SSSR count). The molecule has 3 atom stereocenters. The molecule has 2 N–H and O–H groups in total. The fourth-order valence-corrected chi connectivity index (χ4v) is 4.23. The van der Waals surface area contributed by atoms with Crippen molar-refractivity contribution in [1.29, 1.82) is 0 Å². The first kappa shape index (κ1) is 25.2. The number of ether oxygens (including phenoxy) is 4. The molecule has 0 aliphatic carbocycles. The van der Waals surface area contributed by atoms with E-state index in [1.807, 2.05) is 38.1 Å². The van der Waals surface area contributed by atoms with E-state index in [0.717, 1.165) is 11.1 Å². The van der Waals surface area contributed by atoms with Crippen LogP contribution in [0.4, 0.5) is 5.95 Å². The van der Waals surface area contributed by atoms with Crippen molar-refractivity contribution in [3.8, 4) is 5.88 Å². The molecule has 11 heteroatoms. The van der Waals surface area contributed by atoms with Crippen LogP contribution in [0.5, 0.6) is 5.88 Å². The Kier molecular flexibility index (Phi) is 6.93. The highest BCUT2D eigenvalue weighted by atomic mass is 16.6. The molecule has 0 saturated carbocycles. The molecule has 0 radical (unpaired) electrons. The van der Waals surface area contributed by atoms with Crippen LogP contribution in [0.1, 0.15) is 44.5 Å². The number of hydrogen-bond acceptors (Lipinski definition) is 10. The summed E-state index contributed by atoms with van der Waals surface area (Å²) in [4.78, 5) is 38.3. The fourth-order valence-electron chi connectivity index (χ4n) is 4.23. The zero-order chi connectivity index (χ0) is 26.8. The van der Waals surface area contributed by atoms with Crippen molar-refractivity contribution in [2.45, 2.75) is 38.7 Å². The number of nitrogens with two attached hydrogens (primary N) is 1. The van der Waals surface area contributed by atoms with Crippen molar-refractivity contribution in [3.05, 3.63) is 77.1 Å². The van der Waals surface area contributed by atoms with Gasteiger partial charge < -0.3 is 24.7 Å². The van der Waals surface area contributed by atoms with Gasteiger partial charge >= 0.3 is 11.9 Å². The van der Waals surface area contributed by atoms with Crippen LogP contribution in [0, 0.1) is 13.8 Å². The summed E-state index contributed by atoms with van der Waals surface area (Å²) >= 11 is 0. The molecule has 0 unspecified atom stereocenters. The minimum absolute atomic E-state index is 0.0139. The topological polar surface area (TPSA) is 141 Å². The Morgan fingerprint density at radius 3 is 2.26 bits per heavy atom. The lowest BCUT2D eigenvalue weighted by atomic mass is 10.1. The molecule has 1 aliphatic rings. The van der Waals surface area contributed by atoms with Gasteiger partial charge in [0, 0.05) is 6.42 Å². The van der Waals surface area contributed by atoms with E-state index in [4.69, 9.17) is 24.7 Å². The lowest BCUT2D eigenvalue weighted by Gasteiger charge is -2.19. The number of nitrogen functional groups attached to an aromatic ring is 1. The quantitative estimate of drug-likeness (QED) is 0.363. The molecule has 1 fully saturated rings. The molecular weight excluding hydrogens is 490 g/mol. The summed E-state index contributed by atoms with van der Waals surface area (Å²) in [6.45, 7) is 3.74. The molecule has 38 heavy (non-hydrogen) atoms. The number of carbonyl (C=O) groups excluding carboxylic acids is 2. The number of anilines is 1. The van der Waals surface area contributed by atoms with Gasteiger partial charge in [-0.25, -0.2) is 14.6 Å². The van der Waals surface area contributed by atoms with Crippen LogP contribution in [-0.2, 0) is 14.2 Å². The maximum atomic E-state index is 12.9. The van der Waals surface area contributed by atoms with Gasteiger partial charge in [-0.05, 0) is 38.1 Å². The zero-order valence-corrected chi connectivity index (χ0v) is 21.2. The maximum absolute atomic E-state index is 12.9. The van der Waals surface area contributed by atoms with Gasteiger partial charge in [-0.2, -0.15) is 9.97 Å². The average Bonchev–Trinajstić information content (AvgIpc) is 3.51. The van der Waals surface area contributed by atoms with Crippen LogP contribution in [0.2, 0.25) is 0 Å². The summed E-state index contributed by atoms with van der Waals surface area (Å²) in [5, 5.41) is 0. The fraction of sp³-hybridized carbons (Fsp3) is 0.296. The SMILES string of the molecule is COc1nc(N)nc2c1ncn2[C@H]1C[C@H](OC(=O)c2ccc(C)cc2)[C@@H](COC(=O)c2ccc(C)cc2)O1. The average molecular weight is 518 g/mol. The Labute approximate surface area is 218 Å². The van der Waals surface area contributed by atoms with Crippen molar-refractivity contribution >= 4 is 29.1 Å². The maximum Gasteiger partial charge on any atom is 0.338 e. The molecule has 0 spiro atoms. The molecule has 0 amide bonds. The minimum atomic E-state index is -0.734. The number of aromatic nitrogens is 4. The smallest absolute Gasteiger partial charge is 0.338 e. The van der Waals surface area contributed by atoms with E-state index in [1.54, 1.807) is 28.8 Å². The molecule has 196 valence electrons. The molecule has 3 heterocycles. The number of esters is 2. The van der Waals surface area contributed by atoms with Crippen LogP contribution < -0.4 is 10.5 Å². The van der Waals surface area contributed by atoms with Gasteiger partial charge in [0.05, 0.1) is 24.6 Å². The summed E-state index contributed by atoms with van der Waals surface area (Å²) in [5.74, 6) is -0.757. The third-order valence-corrected chi connectivity index (χ3v) is 6.30. The Morgan fingerprint density at radius 1 is 1.00 bits per heavy atom. The number of aryl methyl sites for hydroxylation is 2. The van der Waals surface area contributed by atoms with E-state index in [0.29, 0.717) is 22.3 Å². The minimum Gasteiger partial charge on any atom is -0.479 e. The summed E-state index contributed by atoms with van der Waals surface area (Å²) in [6, 6.07) is 14.1. The first-order valence-electron chi connectivity index (χ1n) is 12.0. The van der Waals surface area contributed by atoms with E-state index in [9.17, 15) is 9.59 Å². The summed E-state index contributed by atoms with van der Waals surface area (Å²) in [5.41, 5.74) is 9.55. The second-order valence-electron chi connectivity index (χ2n) is 9.05.